The van der Waals surface area contributed by atoms with Gasteiger partial charge in [0.15, 0.2) is 0 Å². The van der Waals surface area contributed by atoms with Crippen molar-refractivity contribution in [2.75, 3.05) is 18.5 Å². The molecule has 0 amide bonds. The largest absolute Gasteiger partial charge is 0.373 e. The second kappa shape index (κ2) is 5.94. The Balaban J connectivity index is 2.13. The van der Waals surface area contributed by atoms with Crippen molar-refractivity contribution in [3.63, 3.8) is 0 Å². The third-order valence-corrected chi connectivity index (χ3v) is 3.55. The molecule has 0 bridgehead atoms. The average molecular weight is 267 g/mol. The van der Waals surface area contributed by atoms with Crippen molar-refractivity contribution in [3.05, 3.63) is 28.8 Å². The Kier molecular flexibility index (Phi) is 4.52. The van der Waals surface area contributed by atoms with E-state index >= 15 is 0 Å². The van der Waals surface area contributed by atoms with Gasteiger partial charge in [0.25, 0.3) is 0 Å². The van der Waals surface area contributed by atoms with Crippen molar-refractivity contribution in [3.8, 4) is 0 Å². The number of hydrogen-bond acceptors (Lipinski definition) is 2. The molecule has 18 heavy (non-hydrogen) atoms. The lowest BCUT2D eigenvalue weighted by Gasteiger charge is -2.25. The molecule has 0 spiro atoms. The molecule has 0 aliphatic heterocycles. The second-order valence-electron chi connectivity index (χ2n) is 5.68. The summed E-state index contributed by atoms with van der Waals surface area (Å²) in [5.74, 6) is 0.635. The molecule has 100 valence electrons. The van der Waals surface area contributed by atoms with Gasteiger partial charge in [0.05, 0.1) is 10.7 Å². The second-order valence-corrected chi connectivity index (χ2v) is 6.08. The fraction of sp³-hybridized carbons (Fsp3) is 0.600. The zero-order valence-corrected chi connectivity index (χ0v) is 12.3. The Morgan fingerprint density at radius 3 is 2.72 bits per heavy atom. The normalized spacial score (nSPS) is 15.2. The summed E-state index contributed by atoms with van der Waals surface area (Å²) in [7, 11) is 2.13. The molecule has 0 unspecified atom stereocenters. The van der Waals surface area contributed by atoms with Crippen LogP contribution < -0.4 is 10.2 Å². The molecule has 1 aliphatic rings. The minimum absolute atomic E-state index is 0.635. The van der Waals surface area contributed by atoms with Crippen molar-refractivity contribution in [2.45, 2.75) is 39.3 Å². The van der Waals surface area contributed by atoms with Crippen LogP contribution in [0.2, 0.25) is 5.02 Å². The van der Waals surface area contributed by atoms with E-state index in [4.69, 9.17) is 11.6 Å². The van der Waals surface area contributed by atoms with Gasteiger partial charge in [0.1, 0.15) is 0 Å². The predicted octanol–water partition coefficient (Wildman–Crippen LogP) is 3.68. The number of hydrogen-bond donors (Lipinski definition) is 1. The Labute approximate surface area is 115 Å². The maximum atomic E-state index is 6.37. The Morgan fingerprint density at radius 2 is 2.11 bits per heavy atom. The maximum absolute atomic E-state index is 6.37. The molecule has 1 aromatic carbocycles. The average Bonchev–Trinajstić information content (AvgIpc) is 3.08. The molecular formula is C15H23ClN2. The van der Waals surface area contributed by atoms with E-state index in [9.17, 15) is 0 Å². The molecule has 0 heterocycles. The maximum Gasteiger partial charge on any atom is 0.0642 e. The molecule has 1 aliphatic carbocycles. The molecule has 2 nitrogen and oxygen atoms in total. The van der Waals surface area contributed by atoms with Crippen molar-refractivity contribution in [2.24, 2.45) is 5.92 Å². The standard InChI is InChI=1S/C15H23ClN2/c1-11(2)10-18(3)15-12(5-4-6-14(15)16)9-17-13-7-8-13/h4-6,11,13,17H,7-10H2,1-3H3. The lowest BCUT2D eigenvalue weighted by Crippen LogP contribution is -2.25. The summed E-state index contributed by atoms with van der Waals surface area (Å²) in [6.07, 6.45) is 2.63. The predicted molar refractivity (Wildman–Crippen MR) is 79.4 cm³/mol. The van der Waals surface area contributed by atoms with Gasteiger partial charge in [-0.3, -0.25) is 0 Å². The quantitative estimate of drug-likeness (QED) is 0.845. The van der Waals surface area contributed by atoms with E-state index in [1.165, 1.54) is 24.1 Å². The first-order valence-corrected chi connectivity index (χ1v) is 7.17. The van der Waals surface area contributed by atoms with Gasteiger partial charge in [-0.15, -0.1) is 0 Å². The van der Waals surface area contributed by atoms with Gasteiger partial charge in [-0.1, -0.05) is 37.6 Å². The van der Waals surface area contributed by atoms with Gasteiger partial charge in [-0.25, -0.2) is 0 Å². The molecule has 1 fully saturated rings. The van der Waals surface area contributed by atoms with Gasteiger partial charge < -0.3 is 10.2 Å². The van der Waals surface area contributed by atoms with Gasteiger partial charge >= 0.3 is 0 Å². The Morgan fingerprint density at radius 1 is 1.39 bits per heavy atom. The van der Waals surface area contributed by atoms with Crippen LogP contribution in [0.5, 0.6) is 0 Å². The molecule has 0 radical (unpaired) electrons. The van der Waals surface area contributed by atoms with Crippen LogP contribution in [0.15, 0.2) is 18.2 Å². The zero-order valence-electron chi connectivity index (χ0n) is 11.5. The van der Waals surface area contributed by atoms with Crippen molar-refractivity contribution < 1.29 is 0 Å². The smallest absolute Gasteiger partial charge is 0.0642 e. The first kappa shape index (κ1) is 13.7. The van der Waals surface area contributed by atoms with Crippen LogP contribution in [0.25, 0.3) is 0 Å². The number of para-hydroxylation sites is 1. The van der Waals surface area contributed by atoms with E-state index in [-0.39, 0.29) is 0 Å². The van der Waals surface area contributed by atoms with Gasteiger partial charge in [-0.2, -0.15) is 0 Å². The van der Waals surface area contributed by atoms with Crippen LogP contribution in [-0.4, -0.2) is 19.6 Å². The molecule has 0 atom stereocenters. The molecular weight excluding hydrogens is 244 g/mol. The number of nitrogens with one attached hydrogen (secondary N) is 1. The van der Waals surface area contributed by atoms with E-state index in [0.29, 0.717) is 5.92 Å². The van der Waals surface area contributed by atoms with Crippen molar-refractivity contribution in [1.82, 2.24) is 5.32 Å². The Hall–Kier alpha value is -0.730. The van der Waals surface area contributed by atoms with Crippen LogP contribution in [0.1, 0.15) is 32.3 Å². The molecule has 2 rings (SSSR count). The van der Waals surface area contributed by atoms with Gasteiger partial charge in [-0.05, 0) is 30.4 Å². The fourth-order valence-electron chi connectivity index (χ4n) is 2.31. The summed E-state index contributed by atoms with van der Waals surface area (Å²) in [5, 5.41) is 4.42. The van der Waals surface area contributed by atoms with E-state index in [1.807, 2.05) is 12.1 Å². The topological polar surface area (TPSA) is 15.3 Å². The van der Waals surface area contributed by atoms with Gasteiger partial charge in [0, 0.05) is 26.2 Å². The van der Waals surface area contributed by atoms with E-state index in [1.54, 1.807) is 0 Å². The Bertz CT molecular complexity index is 399. The molecule has 1 saturated carbocycles. The van der Waals surface area contributed by atoms with Crippen molar-refractivity contribution in [1.29, 1.82) is 0 Å². The third-order valence-electron chi connectivity index (χ3n) is 3.25. The number of rotatable bonds is 6. The summed E-state index contributed by atoms with van der Waals surface area (Å²) < 4.78 is 0. The lowest BCUT2D eigenvalue weighted by atomic mass is 10.1. The van der Waals surface area contributed by atoms with Crippen molar-refractivity contribution >= 4 is 17.3 Å². The van der Waals surface area contributed by atoms with E-state index in [2.05, 4.69) is 37.2 Å². The molecule has 0 saturated heterocycles. The summed E-state index contributed by atoms with van der Waals surface area (Å²) in [6.45, 7) is 6.41. The minimum atomic E-state index is 0.635. The lowest BCUT2D eigenvalue weighted by molar-refractivity contribution is 0.633. The van der Waals surface area contributed by atoms with Crippen LogP contribution >= 0.6 is 11.6 Å². The third kappa shape index (κ3) is 3.63. The highest BCUT2D eigenvalue weighted by Crippen LogP contribution is 2.30. The zero-order chi connectivity index (χ0) is 13.1. The fourth-order valence-corrected chi connectivity index (χ4v) is 2.65. The van der Waals surface area contributed by atoms with E-state index in [0.717, 1.165) is 24.2 Å². The minimum Gasteiger partial charge on any atom is -0.373 e. The summed E-state index contributed by atoms with van der Waals surface area (Å²) in [5.41, 5.74) is 2.48. The summed E-state index contributed by atoms with van der Waals surface area (Å²) in [4.78, 5) is 2.27. The highest BCUT2D eigenvalue weighted by atomic mass is 35.5. The van der Waals surface area contributed by atoms with Crippen LogP contribution in [0.4, 0.5) is 5.69 Å². The van der Waals surface area contributed by atoms with Crippen LogP contribution in [0, 0.1) is 5.92 Å². The van der Waals surface area contributed by atoms with Crippen LogP contribution in [0.3, 0.4) is 0 Å². The highest BCUT2D eigenvalue weighted by molar-refractivity contribution is 6.33. The summed E-state index contributed by atoms with van der Waals surface area (Å²) in [6, 6.07) is 6.92. The highest BCUT2D eigenvalue weighted by Gasteiger charge is 2.21. The number of benzene rings is 1. The molecule has 3 heteroatoms. The number of halogens is 1. The molecule has 0 aromatic heterocycles. The summed E-state index contributed by atoms with van der Waals surface area (Å²) >= 11 is 6.37. The first-order valence-electron chi connectivity index (χ1n) is 6.80. The number of anilines is 1. The SMILES string of the molecule is CC(C)CN(C)c1c(Cl)cccc1CNC1CC1. The van der Waals surface area contributed by atoms with E-state index < -0.39 is 0 Å². The molecule has 1 N–H and O–H groups in total. The molecule has 1 aromatic rings. The van der Waals surface area contributed by atoms with Gasteiger partial charge in [0.2, 0.25) is 0 Å². The number of nitrogens with zero attached hydrogens (tertiary/aromatic N) is 1. The van der Waals surface area contributed by atoms with Crippen LogP contribution in [-0.2, 0) is 6.54 Å². The first-order chi connectivity index (χ1) is 8.58. The monoisotopic (exact) mass is 266 g/mol.